The van der Waals surface area contributed by atoms with Crippen LogP contribution < -0.4 is 10.6 Å². The molecule has 0 aliphatic carbocycles. The van der Waals surface area contributed by atoms with Gasteiger partial charge in [0.25, 0.3) is 0 Å². The van der Waals surface area contributed by atoms with Crippen LogP contribution in [0, 0.1) is 0 Å². The van der Waals surface area contributed by atoms with E-state index in [1.165, 1.54) is 0 Å². The van der Waals surface area contributed by atoms with E-state index in [-0.39, 0.29) is 29.7 Å². The van der Waals surface area contributed by atoms with E-state index >= 15 is 0 Å². The van der Waals surface area contributed by atoms with E-state index in [2.05, 4.69) is 20.2 Å². The van der Waals surface area contributed by atoms with Crippen LogP contribution in [0.2, 0.25) is 0 Å². The average Bonchev–Trinajstić information content (AvgIpc) is 3.11. The molecule has 1 heterocycles. The van der Waals surface area contributed by atoms with Crippen LogP contribution in [0.15, 0.2) is 64.7 Å². The fourth-order valence-corrected chi connectivity index (χ4v) is 3.59. The van der Waals surface area contributed by atoms with Gasteiger partial charge < -0.3 is 15.2 Å². The van der Waals surface area contributed by atoms with Crippen molar-refractivity contribution in [3.63, 3.8) is 0 Å². The molecule has 1 aromatic carbocycles. The van der Waals surface area contributed by atoms with Crippen LogP contribution >= 0.6 is 24.0 Å². The maximum Gasteiger partial charge on any atom is 0.191 e. The molecule has 0 saturated carbocycles. The predicted octanol–water partition coefficient (Wildman–Crippen LogP) is 2.14. The molecule has 8 heteroatoms. The molecular formula is C17H25IN4O2S. The molecule has 0 amide bonds. The maximum atomic E-state index is 12.2. The first-order chi connectivity index (χ1) is 11.6. The number of nitrogens with one attached hydrogen (secondary N) is 2. The lowest BCUT2D eigenvalue weighted by atomic mass is 10.4. The standard InChI is InChI=1S/C17H24N4O2S.HI/c1-18-17(20-11-14-21-12-5-6-13-21)19-10-7-15-24(22,23)16-8-3-2-4-9-16;/h2-6,8-9,12-13H,7,10-11,14-15H2,1H3,(H2,18,19,20);1H. The summed E-state index contributed by atoms with van der Waals surface area (Å²) in [7, 11) is -1.52. The van der Waals surface area contributed by atoms with Crippen molar-refractivity contribution in [2.75, 3.05) is 25.9 Å². The molecule has 2 N–H and O–H groups in total. The van der Waals surface area contributed by atoms with E-state index in [1.807, 2.05) is 30.6 Å². The van der Waals surface area contributed by atoms with E-state index < -0.39 is 9.84 Å². The molecule has 0 bridgehead atoms. The van der Waals surface area contributed by atoms with Gasteiger partial charge in [-0.05, 0) is 30.7 Å². The Hall–Kier alpha value is -1.55. The molecule has 138 valence electrons. The van der Waals surface area contributed by atoms with Gasteiger partial charge in [-0.2, -0.15) is 0 Å². The molecule has 25 heavy (non-hydrogen) atoms. The lowest BCUT2D eigenvalue weighted by Gasteiger charge is -2.12. The zero-order valence-corrected chi connectivity index (χ0v) is 17.4. The maximum absolute atomic E-state index is 12.2. The Balaban J connectivity index is 0.00000312. The topological polar surface area (TPSA) is 75.5 Å². The largest absolute Gasteiger partial charge is 0.356 e. The van der Waals surface area contributed by atoms with Crippen LogP contribution in [0.5, 0.6) is 0 Å². The second-order valence-corrected chi connectivity index (χ2v) is 7.44. The molecule has 2 rings (SSSR count). The molecule has 0 saturated heterocycles. The Morgan fingerprint density at radius 1 is 1.04 bits per heavy atom. The third-order valence-electron chi connectivity index (χ3n) is 3.54. The first-order valence-corrected chi connectivity index (χ1v) is 9.60. The third-order valence-corrected chi connectivity index (χ3v) is 5.35. The van der Waals surface area contributed by atoms with Crippen molar-refractivity contribution in [2.45, 2.75) is 17.9 Å². The summed E-state index contributed by atoms with van der Waals surface area (Å²) in [5.74, 6) is 0.795. The zero-order chi connectivity index (χ0) is 17.3. The van der Waals surface area contributed by atoms with Crippen molar-refractivity contribution in [3.8, 4) is 0 Å². The smallest absolute Gasteiger partial charge is 0.191 e. The third kappa shape index (κ3) is 7.47. The van der Waals surface area contributed by atoms with Crippen LogP contribution in [-0.2, 0) is 16.4 Å². The van der Waals surface area contributed by atoms with E-state index in [0.29, 0.717) is 23.8 Å². The normalized spacial score (nSPS) is 11.6. The monoisotopic (exact) mass is 476 g/mol. The Labute approximate surface area is 166 Å². The predicted molar refractivity (Wildman–Crippen MR) is 112 cm³/mol. The van der Waals surface area contributed by atoms with E-state index in [9.17, 15) is 8.42 Å². The Bertz CT molecular complexity index is 731. The number of aromatic nitrogens is 1. The van der Waals surface area contributed by atoms with Crippen LogP contribution in [0.1, 0.15) is 6.42 Å². The Morgan fingerprint density at radius 2 is 1.68 bits per heavy atom. The molecule has 1 aromatic heterocycles. The summed E-state index contributed by atoms with van der Waals surface area (Å²) in [6, 6.07) is 12.5. The van der Waals surface area contributed by atoms with Crippen LogP contribution in [-0.4, -0.2) is 44.8 Å². The highest BCUT2D eigenvalue weighted by Crippen LogP contribution is 2.10. The van der Waals surface area contributed by atoms with E-state index in [1.54, 1.807) is 31.3 Å². The molecule has 0 atom stereocenters. The second-order valence-electron chi connectivity index (χ2n) is 5.33. The van der Waals surface area contributed by atoms with Crippen LogP contribution in [0.25, 0.3) is 0 Å². The average molecular weight is 476 g/mol. The number of halogens is 1. The second kappa shape index (κ2) is 11.1. The van der Waals surface area contributed by atoms with Crippen molar-refractivity contribution in [3.05, 3.63) is 54.9 Å². The minimum absolute atomic E-state index is 0. The van der Waals surface area contributed by atoms with Gasteiger partial charge in [0, 0.05) is 39.1 Å². The number of hydrogen-bond donors (Lipinski definition) is 2. The molecule has 0 aliphatic heterocycles. The molecule has 0 radical (unpaired) electrons. The van der Waals surface area contributed by atoms with Gasteiger partial charge in [-0.15, -0.1) is 24.0 Å². The van der Waals surface area contributed by atoms with Crippen molar-refractivity contribution < 1.29 is 8.42 Å². The first-order valence-electron chi connectivity index (χ1n) is 7.95. The number of hydrogen-bond acceptors (Lipinski definition) is 3. The summed E-state index contributed by atoms with van der Waals surface area (Å²) in [5, 5.41) is 6.34. The molecule has 0 fully saturated rings. The van der Waals surface area contributed by atoms with Crippen LogP contribution in [0.4, 0.5) is 0 Å². The summed E-state index contributed by atoms with van der Waals surface area (Å²) in [6.07, 6.45) is 4.54. The van der Waals surface area contributed by atoms with Gasteiger partial charge in [0.15, 0.2) is 15.8 Å². The number of guanidine groups is 1. The van der Waals surface area contributed by atoms with Gasteiger partial charge in [-0.3, -0.25) is 4.99 Å². The van der Waals surface area contributed by atoms with Crippen molar-refractivity contribution in [1.29, 1.82) is 0 Å². The minimum atomic E-state index is -3.22. The van der Waals surface area contributed by atoms with Gasteiger partial charge in [0.05, 0.1) is 10.6 Å². The fraction of sp³-hybridized carbons (Fsp3) is 0.353. The molecule has 0 unspecified atom stereocenters. The van der Waals surface area contributed by atoms with Crippen molar-refractivity contribution in [1.82, 2.24) is 15.2 Å². The number of sulfone groups is 1. The quantitative estimate of drug-likeness (QED) is 0.265. The SMILES string of the molecule is CN=C(NCCCS(=O)(=O)c1ccccc1)NCCn1cccc1.I. The highest BCUT2D eigenvalue weighted by Gasteiger charge is 2.13. The number of rotatable bonds is 8. The first kappa shape index (κ1) is 21.5. The molecule has 2 aromatic rings. The van der Waals surface area contributed by atoms with Gasteiger partial charge in [-0.1, -0.05) is 18.2 Å². The summed E-state index contributed by atoms with van der Waals surface area (Å²) in [6.45, 7) is 2.14. The van der Waals surface area contributed by atoms with Crippen molar-refractivity contribution in [2.24, 2.45) is 4.99 Å². The minimum Gasteiger partial charge on any atom is -0.356 e. The highest BCUT2D eigenvalue weighted by molar-refractivity contribution is 14.0. The summed E-state index contributed by atoms with van der Waals surface area (Å²) in [4.78, 5) is 4.51. The highest BCUT2D eigenvalue weighted by atomic mass is 127. The number of benzene rings is 1. The fourth-order valence-electron chi connectivity index (χ4n) is 2.26. The number of aliphatic imine (C=N–C) groups is 1. The Morgan fingerprint density at radius 3 is 2.32 bits per heavy atom. The van der Waals surface area contributed by atoms with Crippen LogP contribution in [0.3, 0.4) is 0 Å². The van der Waals surface area contributed by atoms with E-state index in [4.69, 9.17) is 0 Å². The molecule has 0 aliphatic rings. The Kier molecular flexibility index (Phi) is 9.58. The summed E-state index contributed by atoms with van der Waals surface area (Å²) >= 11 is 0. The van der Waals surface area contributed by atoms with Gasteiger partial charge >= 0.3 is 0 Å². The zero-order valence-electron chi connectivity index (χ0n) is 14.3. The molecular weight excluding hydrogens is 451 g/mol. The van der Waals surface area contributed by atoms with Crippen molar-refractivity contribution >= 4 is 39.8 Å². The molecule has 0 spiro atoms. The van der Waals surface area contributed by atoms with E-state index in [0.717, 1.165) is 13.1 Å². The lowest BCUT2D eigenvalue weighted by molar-refractivity contribution is 0.592. The lowest BCUT2D eigenvalue weighted by Crippen LogP contribution is -2.39. The van der Waals surface area contributed by atoms with Gasteiger partial charge in [-0.25, -0.2) is 8.42 Å². The van der Waals surface area contributed by atoms with Gasteiger partial charge in [0.2, 0.25) is 0 Å². The summed E-state index contributed by atoms with van der Waals surface area (Å²) in [5.41, 5.74) is 0. The summed E-state index contributed by atoms with van der Waals surface area (Å²) < 4.78 is 26.4. The number of nitrogens with zero attached hydrogens (tertiary/aromatic N) is 2. The van der Waals surface area contributed by atoms with Gasteiger partial charge in [0.1, 0.15) is 0 Å². The molecule has 6 nitrogen and oxygen atoms in total.